The van der Waals surface area contributed by atoms with Gasteiger partial charge in [-0.2, -0.15) is 5.26 Å². The molecule has 2 aromatic carbocycles. The maximum Gasteiger partial charge on any atom is 0.408 e. The average molecular weight is 409 g/mol. The molecule has 0 aliphatic heterocycles. The molecule has 8 heteroatoms. The van der Waals surface area contributed by atoms with Crippen molar-refractivity contribution in [3.8, 4) is 6.07 Å². The van der Waals surface area contributed by atoms with Crippen molar-refractivity contribution in [3.63, 3.8) is 0 Å². The van der Waals surface area contributed by atoms with Gasteiger partial charge in [-0.3, -0.25) is 10.1 Å². The minimum atomic E-state index is -0.938. The van der Waals surface area contributed by atoms with Crippen LogP contribution < -0.4 is 5.32 Å². The van der Waals surface area contributed by atoms with Gasteiger partial charge in [0.1, 0.15) is 17.4 Å². The summed E-state index contributed by atoms with van der Waals surface area (Å²) in [7, 11) is 0. The van der Waals surface area contributed by atoms with Gasteiger partial charge in [0.2, 0.25) is 0 Å². The molecular weight excluding hydrogens is 386 g/mol. The van der Waals surface area contributed by atoms with E-state index in [0.29, 0.717) is 5.56 Å². The number of nitro groups is 1. The van der Waals surface area contributed by atoms with Gasteiger partial charge in [0.25, 0.3) is 5.69 Å². The number of benzene rings is 2. The second-order valence-electron chi connectivity index (χ2n) is 7.56. The van der Waals surface area contributed by atoms with Crippen LogP contribution in [0, 0.1) is 21.4 Å². The molecule has 0 heterocycles. The Morgan fingerprint density at radius 1 is 1.20 bits per heavy atom. The predicted molar refractivity (Wildman–Crippen MR) is 112 cm³/mol. The van der Waals surface area contributed by atoms with Crippen molar-refractivity contribution in [3.05, 3.63) is 81.6 Å². The monoisotopic (exact) mass is 409 g/mol. The summed E-state index contributed by atoms with van der Waals surface area (Å²) in [5, 5.41) is 33.9. The molecule has 0 aliphatic carbocycles. The number of rotatable bonds is 6. The van der Waals surface area contributed by atoms with Gasteiger partial charge < -0.3 is 15.2 Å². The number of non-ortho nitro benzene ring substituents is 1. The van der Waals surface area contributed by atoms with E-state index >= 15 is 0 Å². The minimum Gasteiger partial charge on any atom is -0.509 e. The first kappa shape index (κ1) is 22.4. The standard InChI is InChI=1S/C22H23N3O5/c1-22(2,3)30-21(27)24-19(13-15-7-5-4-6-8-15)20(26)18(14-23)16-9-11-17(12-10-16)25(28)29/h4-12,19,26H,13H2,1-3H3,(H,24,27)/b20-18-/t19-/m0/s1. The molecule has 0 radical (unpaired) electrons. The molecular formula is C22H23N3O5. The summed E-state index contributed by atoms with van der Waals surface area (Å²) < 4.78 is 5.28. The quantitative estimate of drug-likeness (QED) is 0.313. The summed E-state index contributed by atoms with van der Waals surface area (Å²) in [6.07, 6.45) is -0.527. The summed E-state index contributed by atoms with van der Waals surface area (Å²) in [4.78, 5) is 22.6. The number of nitro benzene ring substituents is 1. The minimum absolute atomic E-state index is 0.0955. The molecule has 0 aliphatic rings. The lowest BCUT2D eigenvalue weighted by molar-refractivity contribution is -0.384. The number of aliphatic hydroxyl groups is 1. The molecule has 156 valence electrons. The van der Waals surface area contributed by atoms with Gasteiger partial charge in [-0.05, 0) is 44.0 Å². The third kappa shape index (κ3) is 6.34. The van der Waals surface area contributed by atoms with E-state index in [-0.39, 0.29) is 23.4 Å². The van der Waals surface area contributed by atoms with Crippen LogP contribution in [0.1, 0.15) is 31.9 Å². The summed E-state index contributed by atoms with van der Waals surface area (Å²) in [6.45, 7) is 5.14. The number of allylic oxidation sites excluding steroid dienone is 1. The third-order valence-corrected chi connectivity index (χ3v) is 4.04. The SMILES string of the molecule is CC(C)(C)OC(=O)N[C@@H](Cc1ccccc1)/C(O)=C(\C#N)c1ccc([N+](=O)[O-])cc1. The van der Waals surface area contributed by atoms with Gasteiger partial charge in [-0.25, -0.2) is 4.79 Å². The summed E-state index contributed by atoms with van der Waals surface area (Å²) in [5.74, 6) is -0.360. The lowest BCUT2D eigenvalue weighted by Crippen LogP contribution is -2.41. The first-order chi connectivity index (χ1) is 14.1. The van der Waals surface area contributed by atoms with Crippen LogP contribution in [0.25, 0.3) is 5.57 Å². The molecule has 1 amide bonds. The molecule has 1 atom stereocenters. The maximum atomic E-state index is 12.3. The first-order valence-corrected chi connectivity index (χ1v) is 9.22. The van der Waals surface area contributed by atoms with Gasteiger partial charge in [-0.15, -0.1) is 0 Å². The number of hydrogen-bond acceptors (Lipinski definition) is 6. The van der Waals surface area contributed by atoms with Crippen LogP contribution in [0.3, 0.4) is 0 Å². The highest BCUT2D eigenvalue weighted by molar-refractivity contribution is 5.80. The number of hydrogen-bond donors (Lipinski definition) is 2. The lowest BCUT2D eigenvalue weighted by Gasteiger charge is -2.24. The second kappa shape index (κ2) is 9.56. The van der Waals surface area contributed by atoms with Crippen molar-refractivity contribution >= 4 is 17.4 Å². The van der Waals surface area contributed by atoms with Crippen LogP contribution >= 0.6 is 0 Å². The number of alkyl carbamates (subject to hydrolysis) is 1. The maximum absolute atomic E-state index is 12.3. The fourth-order valence-electron chi connectivity index (χ4n) is 2.71. The van der Waals surface area contributed by atoms with Crippen molar-refractivity contribution in [2.45, 2.75) is 38.8 Å². The van der Waals surface area contributed by atoms with Gasteiger partial charge in [0.15, 0.2) is 0 Å². The smallest absolute Gasteiger partial charge is 0.408 e. The van der Waals surface area contributed by atoms with Crippen LogP contribution in [0.4, 0.5) is 10.5 Å². The van der Waals surface area contributed by atoms with E-state index in [4.69, 9.17) is 4.74 Å². The van der Waals surface area contributed by atoms with Crippen LogP contribution in [-0.2, 0) is 11.2 Å². The van der Waals surface area contributed by atoms with E-state index in [9.17, 15) is 25.3 Å². The number of amides is 1. The van der Waals surface area contributed by atoms with E-state index in [1.807, 2.05) is 36.4 Å². The van der Waals surface area contributed by atoms with E-state index in [2.05, 4.69) is 5.32 Å². The van der Waals surface area contributed by atoms with Gasteiger partial charge in [-0.1, -0.05) is 30.3 Å². The van der Waals surface area contributed by atoms with Crippen LogP contribution in [0.2, 0.25) is 0 Å². The Balaban J connectivity index is 2.41. The van der Waals surface area contributed by atoms with Gasteiger partial charge >= 0.3 is 6.09 Å². The molecule has 0 aromatic heterocycles. The molecule has 8 nitrogen and oxygen atoms in total. The molecule has 2 aromatic rings. The normalized spacial score (nSPS) is 12.9. The lowest BCUT2D eigenvalue weighted by atomic mass is 9.98. The van der Waals surface area contributed by atoms with Crippen LogP contribution in [-0.4, -0.2) is 27.8 Å². The number of nitrogens with one attached hydrogen (secondary N) is 1. The largest absolute Gasteiger partial charge is 0.509 e. The highest BCUT2D eigenvalue weighted by Crippen LogP contribution is 2.23. The topological polar surface area (TPSA) is 125 Å². The number of nitrogens with zero attached hydrogens (tertiary/aromatic N) is 2. The van der Waals surface area contributed by atoms with Crippen molar-refractivity contribution in [2.24, 2.45) is 0 Å². The van der Waals surface area contributed by atoms with Crippen LogP contribution in [0.15, 0.2) is 60.4 Å². The fraction of sp³-hybridized carbons (Fsp3) is 0.273. The van der Waals surface area contributed by atoms with Gasteiger partial charge in [0, 0.05) is 18.6 Å². The molecule has 0 fully saturated rings. The highest BCUT2D eigenvalue weighted by atomic mass is 16.6. The zero-order valence-corrected chi connectivity index (χ0v) is 17.0. The Morgan fingerprint density at radius 2 is 1.80 bits per heavy atom. The number of aliphatic hydroxyl groups excluding tert-OH is 1. The van der Waals surface area contributed by atoms with Crippen molar-refractivity contribution in [2.75, 3.05) is 0 Å². The Morgan fingerprint density at radius 3 is 2.30 bits per heavy atom. The Kier molecular flexibility index (Phi) is 7.15. The molecule has 30 heavy (non-hydrogen) atoms. The zero-order valence-electron chi connectivity index (χ0n) is 17.0. The Bertz CT molecular complexity index is 971. The second-order valence-corrected chi connectivity index (χ2v) is 7.56. The van der Waals surface area contributed by atoms with E-state index < -0.39 is 22.7 Å². The predicted octanol–water partition coefficient (Wildman–Crippen LogP) is 4.52. The molecule has 2 rings (SSSR count). The zero-order chi connectivity index (χ0) is 22.3. The number of carbonyl (C=O) groups excluding carboxylic acids is 1. The number of carbonyl (C=O) groups is 1. The van der Waals surface area contributed by atoms with Crippen molar-refractivity contribution < 1.29 is 19.6 Å². The fourth-order valence-corrected chi connectivity index (χ4v) is 2.71. The molecule has 0 saturated carbocycles. The molecule has 2 N–H and O–H groups in total. The summed E-state index contributed by atoms with van der Waals surface area (Å²) >= 11 is 0. The third-order valence-electron chi connectivity index (χ3n) is 4.04. The Hall–Kier alpha value is -3.86. The molecule has 0 spiro atoms. The molecule has 0 bridgehead atoms. The molecule has 0 unspecified atom stereocenters. The van der Waals surface area contributed by atoms with Crippen molar-refractivity contribution in [1.29, 1.82) is 5.26 Å². The summed E-state index contributed by atoms with van der Waals surface area (Å²) in [5.41, 5.74) is 0.151. The summed E-state index contributed by atoms with van der Waals surface area (Å²) in [6, 6.07) is 15.4. The van der Waals surface area contributed by atoms with E-state index in [1.54, 1.807) is 20.8 Å². The highest BCUT2D eigenvalue weighted by Gasteiger charge is 2.25. The van der Waals surface area contributed by atoms with Crippen molar-refractivity contribution in [1.82, 2.24) is 5.32 Å². The average Bonchev–Trinajstić information content (AvgIpc) is 2.67. The molecule has 0 saturated heterocycles. The van der Waals surface area contributed by atoms with Crippen LogP contribution in [0.5, 0.6) is 0 Å². The van der Waals surface area contributed by atoms with E-state index in [1.165, 1.54) is 24.3 Å². The van der Waals surface area contributed by atoms with Gasteiger partial charge in [0.05, 0.1) is 16.5 Å². The van der Waals surface area contributed by atoms with E-state index in [0.717, 1.165) is 5.56 Å². The Labute approximate surface area is 174 Å². The number of ether oxygens (including phenoxy) is 1. The number of nitriles is 1. The first-order valence-electron chi connectivity index (χ1n) is 9.22.